The topological polar surface area (TPSA) is 89.1 Å². The molecule has 2 aromatic heterocycles. The molecule has 1 amide bonds. The molecule has 3 heterocycles. The van der Waals surface area contributed by atoms with E-state index in [0.29, 0.717) is 25.1 Å². The average molecular weight is 346 g/mol. The summed E-state index contributed by atoms with van der Waals surface area (Å²) in [6.45, 7) is 9.33. The molecule has 1 saturated heterocycles. The summed E-state index contributed by atoms with van der Waals surface area (Å²) in [5, 5.41) is 23.0. The number of nitrogens with zero attached hydrogens (tertiary/aromatic N) is 6. The molecule has 25 heavy (non-hydrogen) atoms. The molecular weight excluding hydrogens is 320 g/mol. The number of aliphatic hydroxyl groups is 1. The van der Waals surface area contributed by atoms with E-state index in [2.05, 4.69) is 36.2 Å². The van der Waals surface area contributed by atoms with Crippen molar-refractivity contribution in [1.29, 1.82) is 0 Å². The quantitative estimate of drug-likeness (QED) is 0.902. The second-order valence-electron chi connectivity index (χ2n) is 7.88. The van der Waals surface area contributed by atoms with E-state index in [1.54, 1.807) is 28.2 Å². The van der Waals surface area contributed by atoms with Crippen LogP contribution in [-0.2, 0) is 12.1 Å². The molecular formula is C17H26N6O2. The predicted molar refractivity (Wildman–Crippen MR) is 92.1 cm³/mol. The zero-order chi connectivity index (χ0) is 18.2. The first-order valence-corrected chi connectivity index (χ1v) is 8.60. The Bertz CT molecular complexity index is 746. The van der Waals surface area contributed by atoms with Gasteiger partial charge in [-0.05, 0) is 40.5 Å². The zero-order valence-electron chi connectivity index (χ0n) is 15.3. The molecule has 0 radical (unpaired) electrons. The largest absolute Gasteiger partial charge is 0.386 e. The van der Waals surface area contributed by atoms with Crippen molar-refractivity contribution in [1.82, 2.24) is 29.7 Å². The van der Waals surface area contributed by atoms with Gasteiger partial charge in [-0.1, -0.05) is 5.21 Å². The standard InChI is InChI=1S/C17H26N6O2/c1-13-14(10-19-23(13)16(2,3)4)15(24)21-8-5-6-17(25,11-21)12-22-9-7-18-20-22/h7,9-10,25H,5-6,8,11-12H2,1-4H3. The number of amides is 1. The van der Waals surface area contributed by atoms with E-state index in [-0.39, 0.29) is 18.0 Å². The maximum absolute atomic E-state index is 13.0. The Kier molecular flexibility index (Phi) is 4.40. The molecule has 2 aromatic rings. The Morgan fingerprint density at radius 2 is 2.16 bits per heavy atom. The SMILES string of the molecule is Cc1c(C(=O)N2CCCC(O)(Cn3ccnn3)C2)cnn1C(C)(C)C. The number of hydrogen-bond acceptors (Lipinski definition) is 5. The van der Waals surface area contributed by atoms with Crippen LogP contribution in [-0.4, -0.2) is 59.4 Å². The van der Waals surface area contributed by atoms with Gasteiger partial charge in [0.25, 0.3) is 5.91 Å². The van der Waals surface area contributed by atoms with E-state index in [4.69, 9.17) is 0 Å². The first-order chi connectivity index (χ1) is 11.7. The molecule has 1 aliphatic rings. The molecule has 1 atom stereocenters. The Hall–Kier alpha value is -2.22. The highest BCUT2D eigenvalue weighted by Crippen LogP contribution is 2.26. The van der Waals surface area contributed by atoms with Crippen molar-refractivity contribution in [3.8, 4) is 0 Å². The van der Waals surface area contributed by atoms with Crippen LogP contribution in [0.1, 0.15) is 49.7 Å². The average Bonchev–Trinajstić information content (AvgIpc) is 3.15. The van der Waals surface area contributed by atoms with Gasteiger partial charge in [0.05, 0.1) is 36.6 Å². The molecule has 8 nitrogen and oxygen atoms in total. The van der Waals surface area contributed by atoms with Gasteiger partial charge < -0.3 is 10.0 Å². The molecule has 3 rings (SSSR count). The lowest BCUT2D eigenvalue weighted by atomic mass is 9.92. The predicted octanol–water partition coefficient (Wildman–Crippen LogP) is 1.21. The lowest BCUT2D eigenvalue weighted by Gasteiger charge is -2.39. The summed E-state index contributed by atoms with van der Waals surface area (Å²) in [5.74, 6) is -0.0790. The minimum Gasteiger partial charge on any atom is -0.386 e. The highest BCUT2D eigenvalue weighted by molar-refractivity contribution is 5.95. The Morgan fingerprint density at radius 1 is 1.40 bits per heavy atom. The van der Waals surface area contributed by atoms with Gasteiger partial charge in [0, 0.05) is 18.4 Å². The molecule has 1 fully saturated rings. The van der Waals surface area contributed by atoms with Crippen LogP contribution in [0.3, 0.4) is 0 Å². The fourth-order valence-corrected chi connectivity index (χ4v) is 3.50. The zero-order valence-corrected chi connectivity index (χ0v) is 15.3. The summed E-state index contributed by atoms with van der Waals surface area (Å²) in [5.41, 5.74) is 0.274. The molecule has 0 aliphatic carbocycles. The van der Waals surface area contributed by atoms with Crippen molar-refractivity contribution in [3.05, 3.63) is 29.8 Å². The van der Waals surface area contributed by atoms with Crippen LogP contribution in [0.25, 0.3) is 0 Å². The number of piperidine rings is 1. The molecule has 136 valence electrons. The van der Waals surface area contributed by atoms with E-state index < -0.39 is 5.60 Å². The van der Waals surface area contributed by atoms with Crippen molar-refractivity contribution >= 4 is 5.91 Å². The van der Waals surface area contributed by atoms with E-state index >= 15 is 0 Å². The smallest absolute Gasteiger partial charge is 0.257 e. The molecule has 0 aromatic carbocycles. The lowest BCUT2D eigenvalue weighted by molar-refractivity contribution is -0.0387. The van der Waals surface area contributed by atoms with E-state index in [0.717, 1.165) is 12.1 Å². The summed E-state index contributed by atoms with van der Waals surface area (Å²) in [7, 11) is 0. The van der Waals surface area contributed by atoms with Crippen LogP contribution in [0.15, 0.2) is 18.6 Å². The Labute approximate surface area is 147 Å². The van der Waals surface area contributed by atoms with Gasteiger partial charge in [0.1, 0.15) is 5.60 Å². The van der Waals surface area contributed by atoms with E-state index in [1.807, 2.05) is 11.6 Å². The Balaban J connectivity index is 1.77. The molecule has 1 N–H and O–H groups in total. The van der Waals surface area contributed by atoms with Crippen LogP contribution >= 0.6 is 0 Å². The summed E-state index contributed by atoms with van der Waals surface area (Å²) >= 11 is 0. The fraction of sp³-hybridized carbons (Fsp3) is 0.647. The fourth-order valence-electron chi connectivity index (χ4n) is 3.50. The second kappa shape index (κ2) is 6.25. The van der Waals surface area contributed by atoms with Crippen molar-refractivity contribution in [2.24, 2.45) is 0 Å². The molecule has 8 heteroatoms. The van der Waals surface area contributed by atoms with Crippen LogP contribution in [0.4, 0.5) is 0 Å². The van der Waals surface area contributed by atoms with Crippen molar-refractivity contribution in [3.63, 3.8) is 0 Å². The van der Waals surface area contributed by atoms with Gasteiger partial charge in [-0.2, -0.15) is 5.10 Å². The Morgan fingerprint density at radius 3 is 2.76 bits per heavy atom. The third-order valence-corrected chi connectivity index (χ3v) is 4.65. The highest BCUT2D eigenvalue weighted by atomic mass is 16.3. The number of hydrogen-bond donors (Lipinski definition) is 1. The molecule has 0 bridgehead atoms. The van der Waals surface area contributed by atoms with Gasteiger partial charge in [0.2, 0.25) is 0 Å². The van der Waals surface area contributed by atoms with Crippen molar-refractivity contribution < 1.29 is 9.90 Å². The number of β-amino-alcohol motifs (C(OH)–C–C–N with tert-alkyl or cyclic N) is 1. The van der Waals surface area contributed by atoms with Crippen LogP contribution in [0, 0.1) is 6.92 Å². The summed E-state index contributed by atoms with van der Waals surface area (Å²) in [4.78, 5) is 14.7. The third kappa shape index (κ3) is 3.58. The van der Waals surface area contributed by atoms with Gasteiger partial charge >= 0.3 is 0 Å². The minimum atomic E-state index is -0.991. The van der Waals surface area contributed by atoms with Crippen molar-refractivity contribution in [2.75, 3.05) is 13.1 Å². The first-order valence-electron chi connectivity index (χ1n) is 8.60. The minimum absolute atomic E-state index is 0.0790. The van der Waals surface area contributed by atoms with Gasteiger partial charge in [-0.25, -0.2) is 4.68 Å². The third-order valence-electron chi connectivity index (χ3n) is 4.65. The number of aromatic nitrogens is 5. The molecule has 1 aliphatic heterocycles. The maximum atomic E-state index is 13.0. The van der Waals surface area contributed by atoms with Crippen molar-refractivity contribution in [2.45, 2.75) is 58.2 Å². The second-order valence-corrected chi connectivity index (χ2v) is 7.88. The molecule has 0 saturated carbocycles. The molecule has 1 unspecified atom stereocenters. The lowest BCUT2D eigenvalue weighted by Crippen LogP contribution is -2.52. The van der Waals surface area contributed by atoms with Crippen LogP contribution in [0.2, 0.25) is 0 Å². The van der Waals surface area contributed by atoms with Crippen LogP contribution in [0.5, 0.6) is 0 Å². The van der Waals surface area contributed by atoms with Gasteiger partial charge in [-0.3, -0.25) is 9.48 Å². The first kappa shape index (κ1) is 17.6. The number of rotatable bonds is 3. The number of carbonyl (C=O) groups excluding carboxylic acids is 1. The van der Waals surface area contributed by atoms with Gasteiger partial charge in [0.15, 0.2) is 0 Å². The number of carbonyl (C=O) groups is 1. The van der Waals surface area contributed by atoms with E-state index in [1.165, 1.54) is 0 Å². The highest BCUT2D eigenvalue weighted by Gasteiger charge is 2.37. The summed E-state index contributed by atoms with van der Waals surface area (Å²) < 4.78 is 3.47. The van der Waals surface area contributed by atoms with Gasteiger partial charge in [-0.15, -0.1) is 5.10 Å². The summed E-state index contributed by atoms with van der Waals surface area (Å²) in [6.07, 6.45) is 6.32. The summed E-state index contributed by atoms with van der Waals surface area (Å²) in [6, 6.07) is 0. The molecule has 0 spiro atoms. The number of likely N-dealkylation sites (tertiary alicyclic amines) is 1. The van der Waals surface area contributed by atoms with E-state index in [9.17, 15) is 9.90 Å². The monoisotopic (exact) mass is 346 g/mol. The maximum Gasteiger partial charge on any atom is 0.257 e. The van der Waals surface area contributed by atoms with Crippen LogP contribution < -0.4 is 0 Å². The normalized spacial score (nSPS) is 21.6.